The summed E-state index contributed by atoms with van der Waals surface area (Å²) < 4.78 is 5.11. The molecule has 1 saturated carbocycles. The van der Waals surface area contributed by atoms with Crippen molar-refractivity contribution in [2.45, 2.75) is 57.5 Å². The van der Waals surface area contributed by atoms with Crippen molar-refractivity contribution in [2.24, 2.45) is 0 Å². The molecule has 0 aromatic carbocycles. The fourth-order valence-electron chi connectivity index (χ4n) is 2.54. The molecule has 0 aromatic rings. The minimum absolute atomic E-state index is 0.107. The van der Waals surface area contributed by atoms with Gasteiger partial charge in [0.15, 0.2) is 0 Å². The SMILES string of the molecule is CCOC(=O)C1CCCCN1CCC(=O)NC1CC1. The van der Waals surface area contributed by atoms with Crippen LogP contribution in [0, 0.1) is 0 Å². The van der Waals surface area contributed by atoms with Gasteiger partial charge in [0.25, 0.3) is 0 Å². The molecule has 1 saturated heterocycles. The minimum Gasteiger partial charge on any atom is -0.465 e. The van der Waals surface area contributed by atoms with Crippen LogP contribution in [0.5, 0.6) is 0 Å². The molecule has 0 bridgehead atoms. The number of hydrogen-bond acceptors (Lipinski definition) is 4. The van der Waals surface area contributed by atoms with Crippen LogP contribution in [-0.4, -0.2) is 48.6 Å². The monoisotopic (exact) mass is 268 g/mol. The van der Waals surface area contributed by atoms with E-state index in [1.165, 1.54) is 0 Å². The van der Waals surface area contributed by atoms with E-state index in [2.05, 4.69) is 10.2 Å². The van der Waals surface area contributed by atoms with Gasteiger partial charge in [-0.05, 0) is 39.2 Å². The van der Waals surface area contributed by atoms with Gasteiger partial charge in [-0.3, -0.25) is 14.5 Å². The molecule has 1 N–H and O–H groups in total. The van der Waals surface area contributed by atoms with Crippen LogP contribution in [-0.2, 0) is 14.3 Å². The number of esters is 1. The summed E-state index contributed by atoms with van der Waals surface area (Å²) in [6.45, 7) is 3.79. The van der Waals surface area contributed by atoms with Gasteiger partial charge in [0, 0.05) is 19.0 Å². The van der Waals surface area contributed by atoms with Crippen molar-refractivity contribution in [3.63, 3.8) is 0 Å². The Bertz CT molecular complexity index is 329. The van der Waals surface area contributed by atoms with E-state index < -0.39 is 0 Å². The summed E-state index contributed by atoms with van der Waals surface area (Å²) in [6.07, 6.45) is 5.71. The first-order valence-electron chi connectivity index (χ1n) is 7.40. The van der Waals surface area contributed by atoms with E-state index in [0.29, 0.717) is 25.6 Å². The summed E-state index contributed by atoms with van der Waals surface area (Å²) >= 11 is 0. The van der Waals surface area contributed by atoms with Crippen LogP contribution in [0.2, 0.25) is 0 Å². The van der Waals surface area contributed by atoms with Crippen LogP contribution in [0.25, 0.3) is 0 Å². The molecule has 0 aromatic heterocycles. The number of rotatable bonds is 6. The highest BCUT2D eigenvalue weighted by molar-refractivity contribution is 5.77. The molecule has 108 valence electrons. The average molecular weight is 268 g/mol. The van der Waals surface area contributed by atoms with Gasteiger partial charge >= 0.3 is 5.97 Å². The molecule has 1 aliphatic heterocycles. The molecule has 1 heterocycles. The van der Waals surface area contributed by atoms with Crippen LogP contribution in [0.4, 0.5) is 0 Å². The third-order valence-electron chi connectivity index (χ3n) is 3.74. The Morgan fingerprint density at radius 1 is 1.26 bits per heavy atom. The molecule has 2 aliphatic rings. The highest BCUT2D eigenvalue weighted by Gasteiger charge is 2.30. The number of piperidine rings is 1. The van der Waals surface area contributed by atoms with E-state index in [4.69, 9.17) is 4.74 Å². The van der Waals surface area contributed by atoms with Gasteiger partial charge in [0.1, 0.15) is 6.04 Å². The van der Waals surface area contributed by atoms with Crippen molar-refractivity contribution in [1.82, 2.24) is 10.2 Å². The Morgan fingerprint density at radius 3 is 2.74 bits per heavy atom. The van der Waals surface area contributed by atoms with Gasteiger partial charge in [0.05, 0.1) is 6.61 Å². The van der Waals surface area contributed by atoms with Crippen LogP contribution in [0.1, 0.15) is 45.4 Å². The molecule has 5 nitrogen and oxygen atoms in total. The molecule has 0 radical (unpaired) electrons. The fourth-order valence-corrected chi connectivity index (χ4v) is 2.54. The zero-order valence-corrected chi connectivity index (χ0v) is 11.7. The Labute approximate surface area is 114 Å². The Hall–Kier alpha value is -1.10. The van der Waals surface area contributed by atoms with Gasteiger partial charge in [-0.25, -0.2) is 0 Å². The lowest BCUT2D eigenvalue weighted by Crippen LogP contribution is -2.46. The third kappa shape index (κ3) is 4.49. The van der Waals surface area contributed by atoms with E-state index >= 15 is 0 Å². The normalized spacial score (nSPS) is 23.9. The molecule has 1 atom stereocenters. The lowest BCUT2D eigenvalue weighted by atomic mass is 10.0. The maximum absolute atomic E-state index is 11.9. The maximum atomic E-state index is 11.9. The van der Waals surface area contributed by atoms with Crippen molar-refractivity contribution in [1.29, 1.82) is 0 Å². The van der Waals surface area contributed by atoms with Crippen LogP contribution >= 0.6 is 0 Å². The largest absolute Gasteiger partial charge is 0.465 e. The van der Waals surface area contributed by atoms with Gasteiger partial charge < -0.3 is 10.1 Å². The van der Waals surface area contributed by atoms with E-state index in [1.807, 2.05) is 6.92 Å². The van der Waals surface area contributed by atoms with E-state index in [-0.39, 0.29) is 17.9 Å². The smallest absolute Gasteiger partial charge is 0.323 e. The Balaban J connectivity index is 1.77. The standard InChI is InChI=1S/C14H24N2O3/c1-2-19-14(18)12-5-3-4-9-16(12)10-8-13(17)15-11-6-7-11/h11-12H,2-10H2,1H3,(H,15,17). The van der Waals surface area contributed by atoms with Crippen LogP contribution in [0.15, 0.2) is 0 Å². The van der Waals surface area contributed by atoms with Crippen molar-refractivity contribution in [3.8, 4) is 0 Å². The summed E-state index contributed by atoms with van der Waals surface area (Å²) in [5, 5.41) is 2.98. The van der Waals surface area contributed by atoms with Crippen LogP contribution < -0.4 is 5.32 Å². The quantitative estimate of drug-likeness (QED) is 0.732. The van der Waals surface area contributed by atoms with Crippen molar-refractivity contribution in [2.75, 3.05) is 19.7 Å². The van der Waals surface area contributed by atoms with E-state index in [9.17, 15) is 9.59 Å². The first kappa shape index (κ1) is 14.3. The molecule has 5 heteroatoms. The maximum Gasteiger partial charge on any atom is 0.323 e. The second-order valence-corrected chi connectivity index (χ2v) is 5.39. The Morgan fingerprint density at radius 2 is 2.05 bits per heavy atom. The summed E-state index contributed by atoms with van der Waals surface area (Å²) in [6, 6.07) is 0.261. The minimum atomic E-state index is -0.151. The lowest BCUT2D eigenvalue weighted by molar-refractivity contribution is -0.151. The van der Waals surface area contributed by atoms with Crippen molar-refractivity contribution in [3.05, 3.63) is 0 Å². The number of nitrogens with one attached hydrogen (secondary N) is 1. The van der Waals surface area contributed by atoms with Gasteiger partial charge in [0.2, 0.25) is 5.91 Å². The van der Waals surface area contributed by atoms with Gasteiger partial charge in [-0.1, -0.05) is 6.42 Å². The predicted octanol–water partition coefficient (Wildman–Crippen LogP) is 1.07. The second-order valence-electron chi connectivity index (χ2n) is 5.39. The predicted molar refractivity (Wildman–Crippen MR) is 71.6 cm³/mol. The van der Waals surface area contributed by atoms with Gasteiger partial charge in [-0.15, -0.1) is 0 Å². The summed E-state index contributed by atoms with van der Waals surface area (Å²) in [5.74, 6) is -0.0273. The number of nitrogens with zero attached hydrogens (tertiary/aromatic N) is 1. The fraction of sp³-hybridized carbons (Fsp3) is 0.857. The van der Waals surface area contributed by atoms with E-state index in [1.54, 1.807) is 0 Å². The second kappa shape index (κ2) is 6.89. The number of hydrogen-bond donors (Lipinski definition) is 1. The summed E-state index contributed by atoms with van der Waals surface area (Å²) in [7, 11) is 0. The van der Waals surface area contributed by atoms with Crippen LogP contribution in [0.3, 0.4) is 0 Å². The molecule has 2 rings (SSSR count). The number of carbonyl (C=O) groups is 2. The zero-order chi connectivity index (χ0) is 13.7. The molecule has 1 unspecified atom stereocenters. The summed E-state index contributed by atoms with van der Waals surface area (Å²) in [4.78, 5) is 25.7. The van der Waals surface area contributed by atoms with Crippen molar-refractivity contribution < 1.29 is 14.3 Å². The van der Waals surface area contributed by atoms with Gasteiger partial charge in [-0.2, -0.15) is 0 Å². The molecule has 1 aliphatic carbocycles. The molecule has 2 fully saturated rings. The first-order chi connectivity index (χ1) is 9.20. The molecule has 19 heavy (non-hydrogen) atoms. The highest BCUT2D eigenvalue weighted by Crippen LogP contribution is 2.20. The topological polar surface area (TPSA) is 58.6 Å². The highest BCUT2D eigenvalue weighted by atomic mass is 16.5. The summed E-state index contributed by atoms with van der Waals surface area (Å²) in [5.41, 5.74) is 0. The number of carbonyl (C=O) groups excluding carboxylic acids is 2. The molecular weight excluding hydrogens is 244 g/mol. The van der Waals surface area contributed by atoms with Crippen molar-refractivity contribution >= 4 is 11.9 Å². The third-order valence-corrected chi connectivity index (χ3v) is 3.74. The first-order valence-corrected chi connectivity index (χ1v) is 7.40. The van der Waals surface area contributed by atoms with E-state index in [0.717, 1.165) is 38.6 Å². The number of likely N-dealkylation sites (tertiary alicyclic amines) is 1. The zero-order valence-electron chi connectivity index (χ0n) is 11.7. The average Bonchev–Trinajstić information content (AvgIpc) is 3.21. The number of ether oxygens (including phenoxy) is 1. The molecule has 0 spiro atoms. The number of amides is 1. The molecular formula is C14H24N2O3. The Kier molecular flexibility index (Phi) is 5.19. The molecule has 1 amide bonds. The lowest BCUT2D eigenvalue weighted by Gasteiger charge is -2.33.